The molecule has 1 aromatic carbocycles. The second-order valence-electron chi connectivity index (χ2n) is 7.97. The van der Waals surface area contributed by atoms with Crippen molar-refractivity contribution in [1.82, 2.24) is 9.88 Å². The van der Waals surface area contributed by atoms with Crippen molar-refractivity contribution < 1.29 is 14.9 Å². The minimum Gasteiger partial charge on any atom is -0.394 e. The Morgan fingerprint density at radius 1 is 1.40 bits per heavy atom. The van der Waals surface area contributed by atoms with Gasteiger partial charge in [0.2, 0.25) is 0 Å². The van der Waals surface area contributed by atoms with Crippen molar-refractivity contribution in [2.24, 2.45) is 5.92 Å². The lowest BCUT2D eigenvalue weighted by molar-refractivity contribution is -0.0994. The van der Waals surface area contributed by atoms with E-state index in [1.54, 1.807) is 0 Å². The first-order valence-electron chi connectivity index (χ1n) is 9.21. The molecule has 4 atom stereocenters. The van der Waals surface area contributed by atoms with Crippen LogP contribution in [0.25, 0.3) is 10.9 Å². The van der Waals surface area contributed by atoms with Gasteiger partial charge >= 0.3 is 0 Å². The van der Waals surface area contributed by atoms with Crippen molar-refractivity contribution in [3.63, 3.8) is 0 Å². The molecule has 1 fully saturated rings. The van der Waals surface area contributed by atoms with E-state index < -0.39 is 5.60 Å². The maximum absolute atomic E-state index is 11.0. The van der Waals surface area contributed by atoms with Crippen LogP contribution in [0.4, 0.5) is 0 Å². The summed E-state index contributed by atoms with van der Waals surface area (Å²) in [6.07, 6.45) is 4.19. The largest absolute Gasteiger partial charge is 0.394 e. The highest BCUT2D eigenvalue weighted by Crippen LogP contribution is 2.46. The normalized spacial score (nSPS) is 28.7. The van der Waals surface area contributed by atoms with Gasteiger partial charge in [0.1, 0.15) is 0 Å². The molecule has 5 nitrogen and oxygen atoms in total. The molecule has 0 amide bonds. The molecular weight excluding hydrogens is 316 g/mol. The summed E-state index contributed by atoms with van der Waals surface area (Å²) in [6.45, 7) is 3.27. The Balaban J connectivity index is 1.63. The number of hydrogen-bond donors (Lipinski definition) is 3. The summed E-state index contributed by atoms with van der Waals surface area (Å²) < 4.78 is 5.45. The zero-order valence-electron chi connectivity index (χ0n) is 15.0. The molecule has 1 saturated heterocycles. The second-order valence-corrected chi connectivity index (χ2v) is 7.97. The first-order valence-corrected chi connectivity index (χ1v) is 9.21. The topological polar surface area (TPSA) is 68.7 Å². The molecule has 2 aliphatic rings. The second kappa shape index (κ2) is 6.40. The molecule has 0 bridgehead atoms. The molecular formula is C20H28N2O3. The lowest BCUT2D eigenvalue weighted by Gasteiger charge is -2.49. The fraction of sp³-hybridized carbons (Fsp3) is 0.600. The smallest absolute Gasteiger partial charge is 0.0892 e. The number of aliphatic hydroxyl groups is 2. The van der Waals surface area contributed by atoms with Crippen LogP contribution in [0.2, 0.25) is 0 Å². The Kier molecular flexibility index (Phi) is 4.36. The summed E-state index contributed by atoms with van der Waals surface area (Å²) in [4.78, 5) is 5.82. The van der Waals surface area contributed by atoms with E-state index in [1.807, 2.05) is 6.92 Å². The third kappa shape index (κ3) is 2.89. The number of likely N-dealkylation sites (N-methyl/N-ethyl adjacent to an activating group) is 1. The van der Waals surface area contributed by atoms with Crippen LogP contribution < -0.4 is 0 Å². The van der Waals surface area contributed by atoms with Gasteiger partial charge in [0, 0.05) is 41.5 Å². The number of likely N-dealkylation sites (tertiary alicyclic amines) is 1. The highest BCUT2D eigenvalue weighted by Gasteiger charge is 2.44. The molecule has 5 heteroatoms. The molecule has 136 valence electrons. The van der Waals surface area contributed by atoms with Crippen molar-refractivity contribution in [3.8, 4) is 0 Å². The number of nitrogens with zero attached hydrogens (tertiary/aromatic N) is 1. The number of rotatable bonds is 5. The number of aromatic amines is 1. The van der Waals surface area contributed by atoms with Crippen LogP contribution in [-0.4, -0.2) is 65.2 Å². The molecule has 2 heterocycles. The molecule has 4 rings (SSSR count). The number of hydrogen-bond acceptors (Lipinski definition) is 4. The Morgan fingerprint density at radius 3 is 3.04 bits per heavy atom. The summed E-state index contributed by atoms with van der Waals surface area (Å²) in [5, 5.41) is 21.3. The summed E-state index contributed by atoms with van der Waals surface area (Å²) in [7, 11) is 2.17. The first-order chi connectivity index (χ1) is 12.0. The molecule has 2 unspecified atom stereocenters. The molecule has 2 aromatic rings. The van der Waals surface area contributed by atoms with Crippen molar-refractivity contribution in [2.45, 2.75) is 37.3 Å². The number of nitrogens with one attached hydrogen (secondary N) is 1. The van der Waals surface area contributed by atoms with E-state index in [-0.39, 0.29) is 25.7 Å². The predicted octanol–water partition coefficient (Wildman–Crippen LogP) is 1.89. The number of benzene rings is 1. The van der Waals surface area contributed by atoms with E-state index in [9.17, 15) is 5.11 Å². The number of fused-ring (bicyclic) bond motifs is 2. The van der Waals surface area contributed by atoms with Gasteiger partial charge in [-0.25, -0.2) is 0 Å². The van der Waals surface area contributed by atoms with Crippen molar-refractivity contribution in [3.05, 3.63) is 35.5 Å². The van der Waals surface area contributed by atoms with Gasteiger partial charge in [-0.1, -0.05) is 12.1 Å². The Labute approximate surface area is 148 Å². The maximum atomic E-state index is 11.0. The predicted molar refractivity (Wildman–Crippen MR) is 97.8 cm³/mol. The van der Waals surface area contributed by atoms with E-state index in [0.29, 0.717) is 12.0 Å². The van der Waals surface area contributed by atoms with Crippen LogP contribution in [0.5, 0.6) is 0 Å². The standard InChI is InChI=1S/C20H28N2O3/c1-20(24,12-25-7-6-23)14-9-16-15-4-3-5-17-19(15)13(10-21-17)8-18(16)22(2)11-14/h3-5,10,14,16,18,21,23-24H,6-9,11-12H2,1-2H3/t14-,16?,18-,20?/m1/s1. The van der Waals surface area contributed by atoms with Gasteiger partial charge < -0.3 is 24.8 Å². The zero-order chi connectivity index (χ0) is 17.6. The monoisotopic (exact) mass is 344 g/mol. The van der Waals surface area contributed by atoms with E-state index >= 15 is 0 Å². The summed E-state index contributed by atoms with van der Waals surface area (Å²) in [6, 6.07) is 7.01. The third-order valence-electron chi connectivity index (χ3n) is 6.24. The van der Waals surface area contributed by atoms with Crippen molar-refractivity contribution in [1.29, 1.82) is 0 Å². The minimum atomic E-state index is -0.888. The van der Waals surface area contributed by atoms with Gasteiger partial charge in [-0.2, -0.15) is 0 Å². The Morgan fingerprint density at radius 2 is 2.24 bits per heavy atom. The highest BCUT2D eigenvalue weighted by atomic mass is 16.5. The van der Waals surface area contributed by atoms with Crippen LogP contribution in [0.3, 0.4) is 0 Å². The molecule has 1 aliphatic carbocycles. The first kappa shape index (κ1) is 17.0. The van der Waals surface area contributed by atoms with E-state index in [2.05, 4.69) is 41.3 Å². The van der Waals surface area contributed by atoms with Gasteiger partial charge in [-0.15, -0.1) is 0 Å². The molecule has 0 saturated carbocycles. The average molecular weight is 344 g/mol. The number of aliphatic hydroxyl groups excluding tert-OH is 1. The SMILES string of the molecule is CN1C[C@H](C(C)(O)COCCO)CC2c3cccc4[nH]cc(c34)C[C@H]21. The number of ether oxygens (including phenoxy) is 1. The van der Waals surface area contributed by atoms with Crippen LogP contribution in [0.15, 0.2) is 24.4 Å². The molecule has 25 heavy (non-hydrogen) atoms. The fourth-order valence-corrected chi connectivity index (χ4v) is 4.85. The highest BCUT2D eigenvalue weighted by molar-refractivity contribution is 5.88. The minimum absolute atomic E-state index is 0.0103. The molecule has 1 aromatic heterocycles. The summed E-state index contributed by atoms with van der Waals surface area (Å²) >= 11 is 0. The van der Waals surface area contributed by atoms with E-state index in [1.165, 1.54) is 22.0 Å². The van der Waals surface area contributed by atoms with Gasteiger partial charge in [-0.3, -0.25) is 0 Å². The Hall–Kier alpha value is -1.40. The van der Waals surface area contributed by atoms with Gasteiger partial charge in [-0.05, 0) is 44.0 Å². The lowest BCUT2D eigenvalue weighted by atomic mass is 9.69. The fourth-order valence-electron chi connectivity index (χ4n) is 4.85. The van der Waals surface area contributed by atoms with Crippen molar-refractivity contribution >= 4 is 10.9 Å². The van der Waals surface area contributed by atoms with Crippen LogP contribution in [0.1, 0.15) is 30.4 Å². The van der Waals surface area contributed by atoms with E-state index in [4.69, 9.17) is 9.84 Å². The number of aromatic nitrogens is 1. The van der Waals surface area contributed by atoms with Crippen LogP contribution in [0, 0.1) is 5.92 Å². The maximum Gasteiger partial charge on any atom is 0.0892 e. The van der Waals surface area contributed by atoms with Gasteiger partial charge in [0.25, 0.3) is 0 Å². The van der Waals surface area contributed by atoms with E-state index in [0.717, 1.165) is 19.4 Å². The van der Waals surface area contributed by atoms with Gasteiger partial charge in [0.15, 0.2) is 0 Å². The number of piperidine rings is 1. The molecule has 3 N–H and O–H groups in total. The summed E-state index contributed by atoms with van der Waals surface area (Å²) in [5.41, 5.74) is 3.15. The van der Waals surface area contributed by atoms with Gasteiger partial charge in [0.05, 0.1) is 25.4 Å². The quantitative estimate of drug-likeness (QED) is 0.725. The number of H-pyrrole nitrogens is 1. The lowest BCUT2D eigenvalue weighted by Crippen LogP contribution is -2.54. The average Bonchev–Trinajstić information content (AvgIpc) is 3.00. The van der Waals surface area contributed by atoms with Crippen molar-refractivity contribution in [2.75, 3.05) is 33.4 Å². The van der Waals surface area contributed by atoms with Crippen LogP contribution in [-0.2, 0) is 11.2 Å². The molecule has 0 spiro atoms. The Bertz CT molecular complexity index is 754. The summed E-state index contributed by atoms with van der Waals surface area (Å²) in [5.74, 6) is 0.577. The zero-order valence-corrected chi connectivity index (χ0v) is 15.0. The molecule has 1 aliphatic heterocycles. The molecule has 0 radical (unpaired) electrons. The van der Waals surface area contributed by atoms with Crippen LogP contribution >= 0.6 is 0 Å². The third-order valence-corrected chi connectivity index (χ3v) is 6.24.